The number of ether oxygens (including phenoxy) is 2. The van der Waals surface area contributed by atoms with Gasteiger partial charge < -0.3 is 9.47 Å². The van der Waals surface area contributed by atoms with E-state index in [1.165, 1.54) is 25.7 Å². The van der Waals surface area contributed by atoms with Crippen molar-refractivity contribution < 1.29 is 9.47 Å². The predicted molar refractivity (Wildman–Crippen MR) is 42.6 cm³/mol. The van der Waals surface area contributed by atoms with Crippen molar-refractivity contribution in [2.75, 3.05) is 19.8 Å². The van der Waals surface area contributed by atoms with Crippen molar-refractivity contribution in [3.63, 3.8) is 0 Å². The maximum absolute atomic E-state index is 5.83. The maximum Gasteiger partial charge on any atom is 0.0936 e. The van der Waals surface area contributed by atoms with E-state index < -0.39 is 0 Å². The molecule has 2 aliphatic rings. The summed E-state index contributed by atoms with van der Waals surface area (Å²) in [5, 5.41) is 0. The van der Waals surface area contributed by atoms with E-state index in [2.05, 4.69) is 0 Å². The minimum atomic E-state index is 0.135. The second-order valence-electron chi connectivity index (χ2n) is 3.64. The van der Waals surface area contributed by atoms with Crippen LogP contribution in [0.1, 0.15) is 32.1 Å². The number of hydrogen-bond donors (Lipinski definition) is 0. The van der Waals surface area contributed by atoms with E-state index in [-0.39, 0.29) is 5.60 Å². The van der Waals surface area contributed by atoms with Gasteiger partial charge in [0.2, 0.25) is 0 Å². The van der Waals surface area contributed by atoms with Crippen LogP contribution in [0.5, 0.6) is 0 Å². The fraction of sp³-hybridized carbons (Fsp3) is 1.00. The van der Waals surface area contributed by atoms with Crippen molar-refractivity contribution in [2.45, 2.75) is 37.7 Å². The Bertz CT molecular complexity index is 118. The molecule has 2 aliphatic heterocycles. The van der Waals surface area contributed by atoms with Gasteiger partial charge in [0.25, 0.3) is 0 Å². The molecule has 1 unspecified atom stereocenters. The molecule has 0 aromatic carbocycles. The smallest absolute Gasteiger partial charge is 0.0936 e. The first kappa shape index (κ1) is 7.56. The Hall–Kier alpha value is -0.0800. The minimum Gasteiger partial charge on any atom is -0.378 e. The average Bonchev–Trinajstić information content (AvgIpc) is 2.32. The lowest BCUT2D eigenvalue weighted by atomic mass is 9.96. The standard InChI is InChI=1S/C9H16O2/c1-2-4-9(11-6-3-1)5-7-10-8-9/h1-8H2. The van der Waals surface area contributed by atoms with Crippen molar-refractivity contribution in [3.05, 3.63) is 0 Å². The molecule has 1 atom stereocenters. The van der Waals surface area contributed by atoms with Gasteiger partial charge in [0, 0.05) is 19.6 Å². The molecule has 2 heterocycles. The summed E-state index contributed by atoms with van der Waals surface area (Å²) < 4.78 is 11.2. The molecule has 1 spiro atoms. The molecule has 0 radical (unpaired) electrons. The molecule has 0 bridgehead atoms. The molecule has 0 N–H and O–H groups in total. The highest BCUT2D eigenvalue weighted by atomic mass is 16.6. The summed E-state index contributed by atoms with van der Waals surface area (Å²) in [5.41, 5.74) is 0.135. The number of hydrogen-bond acceptors (Lipinski definition) is 2. The lowest BCUT2D eigenvalue weighted by molar-refractivity contribution is -0.0460. The van der Waals surface area contributed by atoms with Crippen LogP contribution in [-0.2, 0) is 9.47 Å². The molecule has 0 aliphatic carbocycles. The summed E-state index contributed by atoms with van der Waals surface area (Å²) in [6.07, 6.45) is 6.23. The minimum absolute atomic E-state index is 0.135. The van der Waals surface area contributed by atoms with Gasteiger partial charge in [-0.1, -0.05) is 12.8 Å². The second kappa shape index (κ2) is 3.11. The molecule has 2 saturated heterocycles. The SMILES string of the molecule is C1CCOC2(CC1)CCOC2. The van der Waals surface area contributed by atoms with E-state index >= 15 is 0 Å². The molecule has 0 amide bonds. The molecular formula is C9H16O2. The van der Waals surface area contributed by atoms with Gasteiger partial charge in [-0.25, -0.2) is 0 Å². The van der Waals surface area contributed by atoms with E-state index in [1.807, 2.05) is 0 Å². The Balaban J connectivity index is 1.97. The largest absolute Gasteiger partial charge is 0.378 e. The molecular weight excluding hydrogens is 140 g/mol. The van der Waals surface area contributed by atoms with Crippen molar-refractivity contribution in [3.8, 4) is 0 Å². The van der Waals surface area contributed by atoms with Crippen LogP contribution >= 0.6 is 0 Å². The third-order valence-electron chi connectivity index (χ3n) is 2.75. The average molecular weight is 156 g/mol. The quantitative estimate of drug-likeness (QED) is 0.532. The summed E-state index contributed by atoms with van der Waals surface area (Å²) in [5.74, 6) is 0. The molecule has 0 saturated carbocycles. The van der Waals surface area contributed by atoms with Gasteiger partial charge in [0.05, 0.1) is 12.2 Å². The number of rotatable bonds is 0. The summed E-state index contributed by atoms with van der Waals surface area (Å²) in [4.78, 5) is 0. The van der Waals surface area contributed by atoms with Crippen LogP contribution in [0.3, 0.4) is 0 Å². The molecule has 0 aromatic rings. The zero-order valence-electron chi connectivity index (χ0n) is 6.97. The molecule has 64 valence electrons. The first-order chi connectivity index (χ1) is 5.41. The van der Waals surface area contributed by atoms with Crippen LogP contribution < -0.4 is 0 Å². The molecule has 2 heteroatoms. The van der Waals surface area contributed by atoms with Gasteiger partial charge in [-0.15, -0.1) is 0 Å². The van der Waals surface area contributed by atoms with Crippen molar-refractivity contribution in [1.82, 2.24) is 0 Å². The highest BCUT2D eigenvalue weighted by molar-refractivity contribution is 4.86. The van der Waals surface area contributed by atoms with Crippen LogP contribution in [0, 0.1) is 0 Å². The van der Waals surface area contributed by atoms with E-state index in [4.69, 9.17) is 9.47 Å². The van der Waals surface area contributed by atoms with Gasteiger partial charge >= 0.3 is 0 Å². The summed E-state index contributed by atoms with van der Waals surface area (Å²) >= 11 is 0. The highest BCUT2D eigenvalue weighted by Gasteiger charge is 2.36. The predicted octanol–water partition coefficient (Wildman–Crippen LogP) is 1.74. The van der Waals surface area contributed by atoms with E-state index in [9.17, 15) is 0 Å². The Labute approximate surface area is 67.9 Å². The zero-order valence-corrected chi connectivity index (χ0v) is 6.97. The maximum atomic E-state index is 5.83. The Morgan fingerprint density at radius 1 is 0.909 bits per heavy atom. The third kappa shape index (κ3) is 1.57. The van der Waals surface area contributed by atoms with Gasteiger partial charge in [-0.3, -0.25) is 0 Å². The molecule has 2 rings (SSSR count). The Kier molecular flexibility index (Phi) is 2.14. The van der Waals surface area contributed by atoms with E-state index in [0.717, 1.165) is 26.2 Å². The second-order valence-corrected chi connectivity index (χ2v) is 3.64. The van der Waals surface area contributed by atoms with Gasteiger partial charge in [0.1, 0.15) is 0 Å². The topological polar surface area (TPSA) is 18.5 Å². The van der Waals surface area contributed by atoms with Gasteiger partial charge in [-0.2, -0.15) is 0 Å². The van der Waals surface area contributed by atoms with Crippen LogP contribution in [0.25, 0.3) is 0 Å². The van der Waals surface area contributed by atoms with Crippen LogP contribution in [0.2, 0.25) is 0 Å². The monoisotopic (exact) mass is 156 g/mol. The Morgan fingerprint density at radius 2 is 1.91 bits per heavy atom. The van der Waals surface area contributed by atoms with Crippen molar-refractivity contribution in [1.29, 1.82) is 0 Å². The lowest BCUT2D eigenvalue weighted by Gasteiger charge is -2.25. The molecule has 11 heavy (non-hydrogen) atoms. The van der Waals surface area contributed by atoms with Gasteiger partial charge in [-0.05, 0) is 12.8 Å². The van der Waals surface area contributed by atoms with Crippen LogP contribution in [0.4, 0.5) is 0 Å². The normalized spacial score (nSPS) is 39.3. The summed E-state index contributed by atoms with van der Waals surface area (Å²) in [6, 6.07) is 0. The van der Waals surface area contributed by atoms with Crippen molar-refractivity contribution >= 4 is 0 Å². The van der Waals surface area contributed by atoms with Gasteiger partial charge in [0.15, 0.2) is 0 Å². The zero-order chi connectivity index (χ0) is 7.57. The van der Waals surface area contributed by atoms with Crippen LogP contribution in [0.15, 0.2) is 0 Å². The van der Waals surface area contributed by atoms with Crippen LogP contribution in [-0.4, -0.2) is 25.4 Å². The summed E-state index contributed by atoms with van der Waals surface area (Å²) in [6.45, 7) is 2.69. The first-order valence-electron chi connectivity index (χ1n) is 4.63. The highest BCUT2D eigenvalue weighted by Crippen LogP contribution is 2.31. The molecule has 2 fully saturated rings. The third-order valence-corrected chi connectivity index (χ3v) is 2.75. The fourth-order valence-corrected chi connectivity index (χ4v) is 1.99. The van der Waals surface area contributed by atoms with E-state index in [0.29, 0.717) is 0 Å². The fourth-order valence-electron chi connectivity index (χ4n) is 1.99. The lowest BCUT2D eigenvalue weighted by Crippen LogP contribution is -2.32. The molecule has 2 nitrogen and oxygen atoms in total. The van der Waals surface area contributed by atoms with E-state index in [1.54, 1.807) is 0 Å². The van der Waals surface area contributed by atoms with Crippen molar-refractivity contribution in [2.24, 2.45) is 0 Å². The first-order valence-corrected chi connectivity index (χ1v) is 4.63. The molecule has 0 aromatic heterocycles. The summed E-state index contributed by atoms with van der Waals surface area (Å²) in [7, 11) is 0. The Morgan fingerprint density at radius 3 is 2.73 bits per heavy atom.